The number of carbonyl (C=O) groups excluding carboxylic acids is 1. The highest BCUT2D eigenvalue weighted by Crippen LogP contribution is 2.74. The molecule has 3 heteroatoms. The van der Waals surface area contributed by atoms with Gasteiger partial charge in [0.15, 0.2) is 0 Å². The average molecular weight is 318 g/mol. The Balaban J connectivity index is 1.63. The summed E-state index contributed by atoms with van der Waals surface area (Å²) >= 11 is 0. The molecule has 1 N–H and O–H groups in total. The first-order valence-corrected chi connectivity index (χ1v) is 9.72. The van der Waals surface area contributed by atoms with E-state index in [1.165, 1.54) is 25.7 Å². The number of ether oxygens (including phenoxy) is 1. The van der Waals surface area contributed by atoms with Gasteiger partial charge in [-0.25, -0.2) is 0 Å². The van der Waals surface area contributed by atoms with E-state index in [0.29, 0.717) is 24.4 Å². The molecule has 23 heavy (non-hydrogen) atoms. The fraction of sp³-hybridized carbons (Fsp3) is 0.950. The first-order valence-electron chi connectivity index (χ1n) is 9.72. The number of carbonyl (C=O) groups is 1. The van der Waals surface area contributed by atoms with Gasteiger partial charge in [0.2, 0.25) is 0 Å². The molecule has 4 aliphatic carbocycles. The molecule has 5 fully saturated rings. The van der Waals surface area contributed by atoms with Crippen LogP contribution in [0.15, 0.2) is 0 Å². The minimum atomic E-state index is -0.519. The third-order valence-corrected chi connectivity index (χ3v) is 9.05. The van der Waals surface area contributed by atoms with Crippen LogP contribution in [0.4, 0.5) is 0 Å². The summed E-state index contributed by atoms with van der Waals surface area (Å²) in [5, 5.41) is 10.9. The summed E-state index contributed by atoms with van der Waals surface area (Å²) in [6, 6.07) is 0. The number of fused-ring (bicyclic) bond motifs is 1. The molecule has 0 amide bonds. The summed E-state index contributed by atoms with van der Waals surface area (Å²) < 4.78 is 5.81. The standard InChI is InChI=1S/C20H30O3/c1-17-7-3-8-20(16(21)23-12-17)14(17)6-9-19-10-13(4-5-15(19)20)18(2,22)11-19/h13-15,22H,3-12H2,1-2H3/t13-,14+,15+,17-,18+,19?,20-/m0/s1. The van der Waals surface area contributed by atoms with E-state index in [1.54, 1.807) is 0 Å². The molecule has 1 heterocycles. The first kappa shape index (κ1) is 14.7. The van der Waals surface area contributed by atoms with Crippen LogP contribution in [0.5, 0.6) is 0 Å². The van der Waals surface area contributed by atoms with Crippen LogP contribution in [0.1, 0.15) is 71.6 Å². The maximum atomic E-state index is 13.1. The number of esters is 1. The molecule has 1 unspecified atom stereocenters. The molecule has 1 aliphatic heterocycles. The van der Waals surface area contributed by atoms with Gasteiger partial charge < -0.3 is 9.84 Å². The molecule has 0 radical (unpaired) electrons. The topological polar surface area (TPSA) is 46.5 Å². The van der Waals surface area contributed by atoms with Crippen LogP contribution in [0.2, 0.25) is 0 Å². The SMILES string of the molecule is C[C@]12CCC[C@@]3(C(=O)OC1)[C@@H]1CC[C@H]4CC1(CC[C@H]23)C[C@@]4(C)O. The Morgan fingerprint density at radius 3 is 2.74 bits per heavy atom. The van der Waals surface area contributed by atoms with Crippen LogP contribution >= 0.6 is 0 Å². The van der Waals surface area contributed by atoms with E-state index in [0.717, 1.165) is 32.1 Å². The molecular formula is C20H30O3. The maximum absolute atomic E-state index is 13.1. The Kier molecular flexibility index (Phi) is 2.66. The second kappa shape index (κ2) is 4.15. The van der Waals surface area contributed by atoms with Crippen molar-refractivity contribution in [2.24, 2.45) is 34.0 Å². The lowest BCUT2D eigenvalue weighted by Crippen LogP contribution is -2.65. The molecule has 1 spiro atoms. The maximum Gasteiger partial charge on any atom is 0.312 e. The predicted octanol–water partition coefficient (Wildman–Crippen LogP) is 3.69. The van der Waals surface area contributed by atoms with Crippen LogP contribution in [-0.2, 0) is 9.53 Å². The van der Waals surface area contributed by atoms with Crippen LogP contribution in [0, 0.1) is 34.0 Å². The number of cyclic esters (lactones) is 1. The van der Waals surface area contributed by atoms with Crippen molar-refractivity contribution < 1.29 is 14.6 Å². The quantitative estimate of drug-likeness (QED) is 0.693. The molecule has 5 aliphatic rings. The molecule has 4 bridgehead atoms. The summed E-state index contributed by atoms with van der Waals surface area (Å²) in [6.45, 7) is 5.05. The van der Waals surface area contributed by atoms with E-state index in [4.69, 9.17) is 4.74 Å². The van der Waals surface area contributed by atoms with E-state index in [-0.39, 0.29) is 22.2 Å². The lowest BCUT2D eigenvalue weighted by atomic mass is 9.39. The van der Waals surface area contributed by atoms with Crippen molar-refractivity contribution in [1.82, 2.24) is 0 Å². The van der Waals surface area contributed by atoms with Gasteiger partial charge in [-0.05, 0) is 81.5 Å². The zero-order valence-electron chi connectivity index (χ0n) is 14.6. The summed E-state index contributed by atoms with van der Waals surface area (Å²) in [5.74, 6) is 1.53. The third kappa shape index (κ3) is 1.59. The van der Waals surface area contributed by atoms with Crippen molar-refractivity contribution in [3.8, 4) is 0 Å². The van der Waals surface area contributed by atoms with Gasteiger partial charge in [0.25, 0.3) is 0 Å². The van der Waals surface area contributed by atoms with Crippen LogP contribution in [0.25, 0.3) is 0 Å². The lowest BCUT2D eigenvalue weighted by molar-refractivity contribution is -0.232. The van der Waals surface area contributed by atoms with Crippen molar-refractivity contribution in [2.45, 2.75) is 77.2 Å². The fourth-order valence-corrected chi connectivity index (χ4v) is 8.30. The van der Waals surface area contributed by atoms with Gasteiger partial charge in [-0.1, -0.05) is 13.3 Å². The minimum Gasteiger partial charge on any atom is -0.465 e. The second-order valence-corrected chi connectivity index (χ2v) is 10.1. The highest BCUT2D eigenvalue weighted by Gasteiger charge is 2.72. The van der Waals surface area contributed by atoms with E-state index in [2.05, 4.69) is 6.92 Å². The number of rotatable bonds is 0. The number of aliphatic hydroxyl groups is 1. The Morgan fingerprint density at radius 2 is 1.91 bits per heavy atom. The van der Waals surface area contributed by atoms with Gasteiger partial charge in [-0.3, -0.25) is 4.79 Å². The molecule has 128 valence electrons. The van der Waals surface area contributed by atoms with Gasteiger partial charge >= 0.3 is 5.97 Å². The summed E-state index contributed by atoms with van der Waals surface area (Å²) in [7, 11) is 0. The van der Waals surface area contributed by atoms with Gasteiger partial charge in [0.05, 0.1) is 17.6 Å². The smallest absolute Gasteiger partial charge is 0.312 e. The van der Waals surface area contributed by atoms with E-state index < -0.39 is 5.60 Å². The normalized spacial score (nSPS) is 60.7. The molecule has 5 rings (SSSR count). The summed E-state index contributed by atoms with van der Waals surface area (Å²) in [4.78, 5) is 13.1. The molecule has 4 saturated carbocycles. The molecule has 3 nitrogen and oxygen atoms in total. The lowest BCUT2D eigenvalue weighted by Gasteiger charge is -2.65. The largest absolute Gasteiger partial charge is 0.465 e. The first-order chi connectivity index (χ1) is 10.8. The van der Waals surface area contributed by atoms with Gasteiger partial charge in [0, 0.05) is 5.41 Å². The van der Waals surface area contributed by atoms with Gasteiger partial charge in [-0.2, -0.15) is 0 Å². The van der Waals surface area contributed by atoms with Crippen molar-refractivity contribution in [3.63, 3.8) is 0 Å². The Hall–Kier alpha value is -0.570. The molecule has 1 saturated heterocycles. The van der Waals surface area contributed by atoms with Crippen molar-refractivity contribution in [2.75, 3.05) is 6.61 Å². The molecule has 0 aromatic rings. The Morgan fingerprint density at radius 1 is 1.09 bits per heavy atom. The van der Waals surface area contributed by atoms with Gasteiger partial charge in [-0.15, -0.1) is 0 Å². The number of hydrogen-bond acceptors (Lipinski definition) is 3. The zero-order chi connectivity index (χ0) is 16.1. The highest BCUT2D eigenvalue weighted by molar-refractivity contribution is 5.79. The van der Waals surface area contributed by atoms with Crippen molar-refractivity contribution in [1.29, 1.82) is 0 Å². The van der Waals surface area contributed by atoms with Crippen LogP contribution in [0.3, 0.4) is 0 Å². The monoisotopic (exact) mass is 318 g/mol. The number of hydrogen-bond donors (Lipinski definition) is 1. The second-order valence-electron chi connectivity index (χ2n) is 10.1. The molecule has 0 aromatic carbocycles. The van der Waals surface area contributed by atoms with Gasteiger partial charge in [0.1, 0.15) is 0 Å². The molecule has 0 aromatic heterocycles. The fourth-order valence-electron chi connectivity index (χ4n) is 8.30. The minimum absolute atomic E-state index is 0.119. The van der Waals surface area contributed by atoms with Crippen molar-refractivity contribution >= 4 is 5.97 Å². The van der Waals surface area contributed by atoms with E-state index >= 15 is 0 Å². The third-order valence-electron chi connectivity index (χ3n) is 9.05. The molecular weight excluding hydrogens is 288 g/mol. The highest BCUT2D eigenvalue weighted by atomic mass is 16.5. The zero-order valence-corrected chi connectivity index (χ0v) is 14.6. The van der Waals surface area contributed by atoms with E-state index in [1.807, 2.05) is 6.92 Å². The average Bonchev–Trinajstić information content (AvgIpc) is 2.68. The Bertz CT molecular complexity index is 569. The van der Waals surface area contributed by atoms with Crippen LogP contribution < -0.4 is 0 Å². The van der Waals surface area contributed by atoms with E-state index in [9.17, 15) is 9.90 Å². The predicted molar refractivity (Wildman–Crippen MR) is 86.6 cm³/mol. The molecule has 7 atom stereocenters. The Labute approximate surface area is 139 Å². The van der Waals surface area contributed by atoms with Crippen molar-refractivity contribution in [3.05, 3.63) is 0 Å². The van der Waals surface area contributed by atoms with Crippen LogP contribution in [-0.4, -0.2) is 23.3 Å². The summed E-state index contributed by atoms with van der Waals surface area (Å²) in [5.41, 5.74) is -0.340. The summed E-state index contributed by atoms with van der Waals surface area (Å²) in [6.07, 6.45) is 10.1.